The lowest BCUT2D eigenvalue weighted by atomic mass is 10.1. The van der Waals surface area contributed by atoms with Gasteiger partial charge in [-0.25, -0.2) is 0 Å². The maximum atomic E-state index is 12.4. The first-order valence-electron chi connectivity index (χ1n) is 6.03. The standard InChI is InChI=1S/C15H15BrN2O2/c1-9-6-7-10(16)12(8-9)18-15(19)14-11(17)4-3-5-13(14)20-2/h3-8H,17H2,1-2H3,(H,18,19). The van der Waals surface area contributed by atoms with Gasteiger partial charge in [-0.05, 0) is 52.7 Å². The summed E-state index contributed by atoms with van der Waals surface area (Å²) in [5.74, 6) is 0.150. The van der Waals surface area contributed by atoms with Crippen LogP contribution in [0.4, 0.5) is 11.4 Å². The largest absolute Gasteiger partial charge is 0.496 e. The number of hydrogen-bond donors (Lipinski definition) is 2. The van der Waals surface area contributed by atoms with Crippen LogP contribution in [0.15, 0.2) is 40.9 Å². The van der Waals surface area contributed by atoms with Crippen LogP contribution in [0.5, 0.6) is 5.75 Å². The quantitative estimate of drug-likeness (QED) is 0.843. The number of carbonyl (C=O) groups excluding carboxylic acids is 1. The number of carbonyl (C=O) groups is 1. The van der Waals surface area contributed by atoms with E-state index in [0.717, 1.165) is 10.0 Å². The molecule has 5 heteroatoms. The average molecular weight is 335 g/mol. The lowest BCUT2D eigenvalue weighted by Gasteiger charge is -2.12. The number of ether oxygens (including phenoxy) is 1. The number of methoxy groups -OCH3 is 1. The summed E-state index contributed by atoms with van der Waals surface area (Å²) in [6.07, 6.45) is 0. The van der Waals surface area contributed by atoms with E-state index in [0.29, 0.717) is 22.7 Å². The van der Waals surface area contributed by atoms with Gasteiger partial charge in [0.15, 0.2) is 0 Å². The summed E-state index contributed by atoms with van der Waals surface area (Å²) in [6, 6.07) is 10.8. The predicted octanol–water partition coefficient (Wildman–Crippen LogP) is 3.60. The molecule has 0 radical (unpaired) electrons. The highest BCUT2D eigenvalue weighted by Gasteiger charge is 2.16. The molecule has 1 amide bonds. The van der Waals surface area contributed by atoms with E-state index >= 15 is 0 Å². The molecule has 0 bridgehead atoms. The summed E-state index contributed by atoms with van der Waals surface area (Å²) in [5.41, 5.74) is 8.33. The lowest BCUT2D eigenvalue weighted by Crippen LogP contribution is -2.15. The number of amides is 1. The molecule has 0 aliphatic rings. The van der Waals surface area contributed by atoms with Crippen molar-refractivity contribution in [3.8, 4) is 5.75 Å². The summed E-state index contributed by atoms with van der Waals surface area (Å²) in [4.78, 5) is 12.4. The monoisotopic (exact) mass is 334 g/mol. The van der Waals surface area contributed by atoms with Gasteiger partial charge in [0.05, 0.1) is 12.8 Å². The van der Waals surface area contributed by atoms with Crippen LogP contribution in [-0.4, -0.2) is 13.0 Å². The van der Waals surface area contributed by atoms with E-state index in [9.17, 15) is 4.79 Å². The van der Waals surface area contributed by atoms with Crippen LogP contribution >= 0.6 is 15.9 Å². The van der Waals surface area contributed by atoms with Gasteiger partial charge in [0.25, 0.3) is 5.91 Å². The third-order valence-corrected chi connectivity index (χ3v) is 3.57. The van der Waals surface area contributed by atoms with Crippen LogP contribution in [0.25, 0.3) is 0 Å². The van der Waals surface area contributed by atoms with E-state index < -0.39 is 0 Å². The Bertz CT molecular complexity index is 656. The molecule has 20 heavy (non-hydrogen) atoms. The highest BCUT2D eigenvalue weighted by Crippen LogP contribution is 2.28. The second-order valence-electron chi connectivity index (χ2n) is 4.36. The number of nitrogen functional groups attached to an aromatic ring is 1. The molecule has 0 saturated carbocycles. The van der Waals surface area contributed by atoms with Crippen LogP contribution < -0.4 is 15.8 Å². The minimum absolute atomic E-state index is 0.300. The van der Waals surface area contributed by atoms with E-state index in [4.69, 9.17) is 10.5 Å². The smallest absolute Gasteiger partial charge is 0.261 e. The van der Waals surface area contributed by atoms with E-state index in [1.165, 1.54) is 7.11 Å². The highest BCUT2D eigenvalue weighted by atomic mass is 79.9. The SMILES string of the molecule is COc1cccc(N)c1C(=O)Nc1cc(C)ccc1Br. The van der Waals surface area contributed by atoms with Crippen molar-refractivity contribution in [3.05, 3.63) is 52.0 Å². The van der Waals surface area contributed by atoms with Gasteiger partial charge in [0, 0.05) is 10.2 Å². The van der Waals surface area contributed by atoms with Crippen LogP contribution in [0.2, 0.25) is 0 Å². The maximum absolute atomic E-state index is 12.4. The zero-order valence-electron chi connectivity index (χ0n) is 11.2. The molecule has 4 nitrogen and oxygen atoms in total. The van der Waals surface area contributed by atoms with Gasteiger partial charge in [-0.1, -0.05) is 12.1 Å². The molecule has 0 unspecified atom stereocenters. The Morgan fingerprint density at radius 2 is 2.05 bits per heavy atom. The van der Waals surface area contributed by atoms with Gasteiger partial charge >= 0.3 is 0 Å². The number of halogens is 1. The molecule has 2 rings (SSSR count). The van der Waals surface area contributed by atoms with Gasteiger partial charge in [0.1, 0.15) is 11.3 Å². The van der Waals surface area contributed by atoms with E-state index in [2.05, 4.69) is 21.2 Å². The zero-order valence-corrected chi connectivity index (χ0v) is 12.8. The first-order chi connectivity index (χ1) is 9.52. The molecule has 2 aromatic carbocycles. The zero-order chi connectivity index (χ0) is 14.7. The third-order valence-electron chi connectivity index (χ3n) is 2.88. The molecule has 0 heterocycles. The predicted molar refractivity (Wildman–Crippen MR) is 84.2 cm³/mol. The number of benzene rings is 2. The number of aryl methyl sites for hydroxylation is 1. The molecule has 3 N–H and O–H groups in total. The van der Waals surface area contributed by atoms with E-state index in [1.807, 2.05) is 25.1 Å². The fourth-order valence-corrected chi connectivity index (χ4v) is 2.23. The molecule has 0 aromatic heterocycles. The molecule has 0 spiro atoms. The van der Waals surface area contributed by atoms with E-state index in [1.54, 1.807) is 18.2 Å². The average Bonchev–Trinajstić information content (AvgIpc) is 2.42. The van der Waals surface area contributed by atoms with E-state index in [-0.39, 0.29) is 5.91 Å². The normalized spacial score (nSPS) is 10.2. The summed E-state index contributed by atoms with van der Waals surface area (Å²) in [6.45, 7) is 1.96. The fraction of sp³-hybridized carbons (Fsp3) is 0.133. The molecule has 0 atom stereocenters. The second-order valence-corrected chi connectivity index (χ2v) is 5.22. The van der Waals surface area contributed by atoms with Crippen LogP contribution in [0.1, 0.15) is 15.9 Å². The lowest BCUT2D eigenvalue weighted by molar-refractivity contribution is 0.102. The summed E-state index contributed by atoms with van der Waals surface area (Å²) >= 11 is 3.41. The van der Waals surface area contributed by atoms with Gasteiger partial charge < -0.3 is 15.8 Å². The first kappa shape index (κ1) is 14.4. The Morgan fingerprint density at radius 3 is 2.75 bits per heavy atom. The van der Waals surface area contributed by atoms with Crippen molar-refractivity contribution in [2.45, 2.75) is 6.92 Å². The first-order valence-corrected chi connectivity index (χ1v) is 6.82. The Hall–Kier alpha value is -2.01. The van der Waals surface area contributed by atoms with Crippen molar-refractivity contribution >= 4 is 33.2 Å². The van der Waals surface area contributed by atoms with Crippen molar-refractivity contribution in [1.29, 1.82) is 0 Å². The Morgan fingerprint density at radius 1 is 1.30 bits per heavy atom. The van der Waals surface area contributed by atoms with Gasteiger partial charge in [-0.15, -0.1) is 0 Å². The summed E-state index contributed by atoms with van der Waals surface area (Å²) < 4.78 is 6.00. The maximum Gasteiger partial charge on any atom is 0.261 e. The van der Waals surface area contributed by atoms with Crippen LogP contribution in [-0.2, 0) is 0 Å². The molecule has 2 aromatic rings. The minimum atomic E-state index is -0.300. The highest BCUT2D eigenvalue weighted by molar-refractivity contribution is 9.10. The van der Waals surface area contributed by atoms with Crippen molar-refractivity contribution in [3.63, 3.8) is 0 Å². The Labute approximate surface area is 126 Å². The molecule has 0 aliphatic carbocycles. The van der Waals surface area contributed by atoms with Crippen molar-refractivity contribution in [2.75, 3.05) is 18.2 Å². The fourth-order valence-electron chi connectivity index (χ4n) is 1.88. The van der Waals surface area contributed by atoms with Gasteiger partial charge in [-0.2, -0.15) is 0 Å². The number of hydrogen-bond acceptors (Lipinski definition) is 3. The van der Waals surface area contributed by atoms with Crippen LogP contribution in [0.3, 0.4) is 0 Å². The van der Waals surface area contributed by atoms with Crippen molar-refractivity contribution < 1.29 is 9.53 Å². The van der Waals surface area contributed by atoms with Crippen LogP contribution in [0, 0.1) is 6.92 Å². The Balaban J connectivity index is 2.36. The number of anilines is 2. The molecule has 0 fully saturated rings. The van der Waals surface area contributed by atoms with Crippen molar-refractivity contribution in [2.24, 2.45) is 0 Å². The minimum Gasteiger partial charge on any atom is -0.496 e. The second kappa shape index (κ2) is 5.96. The molecular weight excluding hydrogens is 320 g/mol. The van der Waals surface area contributed by atoms with Gasteiger partial charge in [0.2, 0.25) is 0 Å². The van der Waals surface area contributed by atoms with Gasteiger partial charge in [-0.3, -0.25) is 4.79 Å². The topological polar surface area (TPSA) is 64.3 Å². The number of nitrogens with one attached hydrogen (secondary N) is 1. The molecule has 104 valence electrons. The number of rotatable bonds is 3. The Kier molecular flexibility index (Phi) is 4.29. The summed E-state index contributed by atoms with van der Waals surface area (Å²) in [5, 5.41) is 2.84. The molecular formula is C15H15BrN2O2. The summed E-state index contributed by atoms with van der Waals surface area (Å²) in [7, 11) is 1.51. The number of nitrogens with two attached hydrogens (primary N) is 1. The molecule has 0 saturated heterocycles. The third kappa shape index (κ3) is 2.93. The molecule has 0 aliphatic heterocycles. The van der Waals surface area contributed by atoms with Crippen molar-refractivity contribution in [1.82, 2.24) is 0 Å².